The van der Waals surface area contributed by atoms with Gasteiger partial charge in [0, 0.05) is 17.0 Å². The highest BCUT2D eigenvalue weighted by Gasteiger charge is 2.30. The maximum absolute atomic E-state index is 12.5. The molecule has 3 rings (SSSR count). The van der Waals surface area contributed by atoms with Gasteiger partial charge in [-0.05, 0) is 26.7 Å². The van der Waals surface area contributed by atoms with Crippen LogP contribution in [-0.2, 0) is 4.79 Å². The lowest BCUT2D eigenvalue weighted by Crippen LogP contribution is -2.30. The van der Waals surface area contributed by atoms with E-state index >= 15 is 0 Å². The number of aryl methyl sites for hydroxylation is 1. The third-order valence-electron chi connectivity index (χ3n) is 4.10. The summed E-state index contributed by atoms with van der Waals surface area (Å²) in [7, 11) is 0. The molecule has 0 radical (unpaired) electrons. The van der Waals surface area contributed by atoms with Crippen molar-refractivity contribution in [2.75, 3.05) is 6.54 Å². The van der Waals surface area contributed by atoms with Crippen molar-refractivity contribution in [2.24, 2.45) is 5.92 Å². The zero-order valence-corrected chi connectivity index (χ0v) is 12.8. The first-order valence-corrected chi connectivity index (χ1v) is 7.54. The number of rotatable bonds is 5. The van der Waals surface area contributed by atoms with Crippen LogP contribution in [0.1, 0.15) is 34.5 Å². The molecule has 0 atom stereocenters. The summed E-state index contributed by atoms with van der Waals surface area (Å²) < 4.78 is 5.77. The van der Waals surface area contributed by atoms with Crippen molar-refractivity contribution in [3.05, 3.63) is 47.2 Å². The van der Waals surface area contributed by atoms with E-state index in [0.29, 0.717) is 11.3 Å². The van der Waals surface area contributed by atoms with Crippen LogP contribution in [0.25, 0.3) is 11.3 Å². The van der Waals surface area contributed by atoms with Crippen LogP contribution in [0.5, 0.6) is 0 Å². The smallest absolute Gasteiger partial charge is 0.255 e. The number of hydrogen-bond acceptors (Lipinski definition) is 3. The molecule has 4 heteroatoms. The molecule has 1 saturated carbocycles. The van der Waals surface area contributed by atoms with Crippen molar-refractivity contribution in [1.82, 2.24) is 5.32 Å². The average molecular weight is 297 g/mol. The summed E-state index contributed by atoms with van der Waals surface area (Å²) in [6, 6.07) is 9.54. The molecule has 0 saturated heterocycles. The molecule has 22 heavy (non-hydrogen) atoms. The van der Waals surface area contributed by atoms with E-state index in [2.05, 4.69) is 5.32 Å². The van der Waals surface area contributed by atoms with Crippen molar-refractivity contribution < 1.29 is 14.0 Å². The quantitative estimate of drug-likeness (QED) is 0.921. The molecular weight excluding hydrogens is 278 g/mol. The number of furan rings is 1. The van der Waals surface area contributed by atoms with Gasteiger partial charge in [-0.15, -0.1) is 0 Å². The van der Waals surface area contributed by atoms with Crippen LogP contribution in [0.4, 0.5) is 0 Å². The maximum atomic E-state index is 12.5. The number of benzene rings is 1. The zero-order valence-electron chi connectivity index (χ0n) is 12.8. The summed E-state index contributed by atoms with van der Waals surface area (Å²) in [5.74, 6) is 1.31. The van der Waals surface area contributed by atoms with Crippen LogP contribution >= 0.6 is 0 Å². The van der Waals surface area contributed by atoms with E-state index in [-0.39, 0.29) is 24.2 Å². The molecule has 0 aliphatic heterocycles. The first-order valence-electron chi connectivity index (χ1n) is 7.54. The highest BCUT2D eigenvalue weighted by molar-refractivity contribution is 6.03. The summed E-state index contributed by atoms with van der Waals surface area (Å²) in [5.41, 5.74) is 2.19. The molecule has 0 spiro atoms. The molecule has 1 amide bonds. The second-order valence-electron chi connectivity index (χ2n) is 5.78. The summed E-state index contributed by atoms with van der Waals surface area (Å²) in [5, 5.41) is 2.74. The molecule has 1 N–H and O–H groups in total. The molecule has 1 heterocycles. The molecule has 1 aliphatic carbocycles. The zero-order chi connectivity index (χ0) is 15.7. The fraction of sp³-hybridized carbons (Fsp3) is 0.333. The Balaban J connectivity index is 1.85. The first kappa shape index (κ1) is 14.6. The number of nitrogens with one attached hydrogen (secondary N) is 1. The van der Waals surface area contributed by atoms with Crippen molar-refractivity contribution in [2.45, 2.75) is 26.7 Å². The largest absolute Gasteiger partial charge is 0.460 e. The van der Waals surface area contributed by atoms with Gasteiger partial charge in [0.1, 0.15) is 11.5 Å². The number of hydrogen-bond donors (Lipinski definition) is 1. The van der Waals surface area contributed by atoms with E-state index in [1.54, 1.807) is 0 Å². The monoisotopic (exact) mass is 297 g/mol. The Hall–Kier alpha value is -2.36. The van der Waals surface area contributed by atoms with Gasteiger partial charge < -0.3 is 9.73 Å². The van der Waals surface area contributed by atoms with Crippen LogP contribution in [0.3, 0.4) is 0 Å². The van der Waals surface area contributed by atoms with Gasteiger partial charge in [0.25, 0.3) is 5.91 Å². The Morgan fingerprint density at radius 1 is 1.18 bits per heavy atom. The summed E-state index contributed by atoms with van der Waals surface area (Å²) >= 11 is 0. The third kappa shape index (κ3) is 2.82. The van der Waals surface area contributed by atoms with Gasteiger partial charge >= 0.3 is 0 Å². The van der Waals surface area contributed by atoms with E-state index in [0.717, 1.165) is 29.7 Å². The summed E-state index contributed by atoms with van der Waals surface area (Å²) in [4.78, 5) is 24.2. The number of carbonyl (C=O) groups excluding carboxylic acids is 2. The number of amides is 1. The minimum Gasteiger partial charge on any atom is -0.460 e. The average Bonchev–Trinajstić information content (AvgIpc) is 3.33. The van der Waals surface area contributed by atoms with Crippen molar-refractivity contribution in [3.63, 3.8) is 0 Å². The Morgan fingerprint density at radius 2 is 1.86 bits per heavy atom. The van der Waals surface area contributed by atoms with Crippen molar-refractivity contribution in [1.29, 1.82) is 0 Å². The maximum Gasteiger partial charge on any atom is 0.255 e. The Kier molecular flexibility index (Phi) is 3.84. The highest BCUT2D eigenvalue weighted by atomic mass is 16.3. The predicted molar refractivity (Wildman–Crippen MR) is 83.7 cm³/mol. The molecule has 1 aromatic carbocycles. The standard InChI is InChI=1S/C18H19NO3/c1-11-12(2)22-17(14-6-4-3-5-7-14)16(11)18(21)19-10-15(20)13-8-9-13/h3-7,13H,8-10H2,1-2H3,(H,19,21). The second-order valence-corrected chi connectivity index (χ2v) is 5.78. The summed E-state index contributed by atoms with van der Waals surface area (Å²) in [6.45, 7) is 3.80. The lowest BCUT2D eigenvalue weighted by Gasteiger charge is -2.06. The summed E-state index contributed by atoms with van der Waals surface area (Å²) in [6.07, 6.45) is 1.90. The van der Waals surface area contributed by atoms with Crippen LogP contribution in [0.15, 0.2) is 34.7 Å². The van der Waals surface area contributed by atoms with Crippen LogP contribution in [-0.4, -0.2) is 18.2 Å². The van der Waals surface area contributed by atoms with Gasteiger partial charge in [-0.3, -0.25) is 9.59 Å². The fourth-order valence-electron chi connectivity index (χ4n) is 2.50. The normalized spacial score (nSPS) is 13.9. The Morgan fingerprint density at radius 3 is 2.50 bits per heavy atom. The molecule has 0 bridgehead atoms. The van der Waals surface area contributed by atoms with Crippen molar-refractivity contribution in [3.8, 4) is 11.3 Å². The lowest BCUT2D eigenvalue weighted by molar-refractivity contribution is -0.119. The van der Waals surface area contributed by atoms with Crippen molar-refractivity contribution >= 4 is 11.7 Å². The molecule has 114 valence electrons. The van der Waals surface area contributed by atoms with Gasteiger partial charge in [0.2, 0.25) is 0 Å². The molecule has 2 aromatic rings. The molecular formula is C18H19NO3. The SMILES string of the molecule is Cc1oc(-c2ccccc2)c(C(=O)NCC(=O)C2CC2)c1C. The number of ketones is 1. The lowest BCUT2D eigenvalue weighted by atomic mass is 10.0. The molecule has 0 unspecified atom stereocenters. The fourth-order valence-corrected chi connectivity index (χ4v) is 2.50. The Bertz CT molecular complexity index is 711. The van der Waals surface area contributed by atoms with Gasteiger partial charge in [-0.1, -0.05) is 30.3 Å². The molecule has 1 fully saturated rings. The molecule has 4 nitrogen and oxygen atoms in total. The molecule has 1 aromatic heterocycles. The minimum absolute atomic E-state index is 0.0986. The highest BCUT2D eigenvalue weighted by Crippen LogP contribution is 2.31. The van der Waals surface area contributed by atoms with Gasteiger partial charge in [-0.25, -0.2) is 0 Å². The van der Waals surface area contributed by atoms with E-state index < -0.39 is 0 Å². The minimum atomic E-state index is -0.248. The van der Waals surface area contributed by atoms with Crippen LogP contribution in [0.2, 0.25) is 0 Å². The Labute approximate surface area is 129 Å². The van der Waals surface area contributed by atoms with E-state index in [9.17, 15) is 9.59 Å². The van der Waals surface area contributed by atoms with Crippen LogP contribution < -0.4 is 5.32 Å². The van der Waals surface area contributed by atoms with Crippen LogP contribution in [0, 0.1) is 19.8 Å². The second kappa shape index (κ2) is 5.79. The van der Waals surface area contributed by atoms with E-state index in [1.807, 2.05) is 44.2 Å². The van der Waals surface area contributed by atoms with E-state index in [1.165, 1.54) is 0 Å². The number of Topliss-reactive ketones (excluding diaryl/α,β-unsaturated/α-hetero) is 1. The van der Waals surface area contributed by atoms with Gasteiger partial charge in [-0.2, -0.15) is 0 Å². The topological polar surface area (TPSA) is 59.3 Å². The number of carbonyl (C=O) groups is 2. The predicted octanol–water partition coefficient (Wildman–Crippen LogP) is 3.27. The van der Waals surface area contributed by atoms with Gasteiger partial charge in [0.05, 0.1) is 12.1 Å². The van der Waals surface area contributed by atoms with Gasteiger partial charge in [0.15, 0.2) is 5.78 Å². The van der Waals surface area contributed by atoms with E-state index in [4.69, 9.17) is 4.42 Å². The molecule has 1 aliphatic rings. The first-order chi connectivity index (χ1) is 10.6. The third-order valence-corrected chi connectivity index (χ3v) is 4.10.